The molecule has 0 aliphatic rings. The third-order valence-electron chi connectivity index (χ3n) is 4.09. The number of carbonyl (C=O) groups excluding carboxylic acids is 1. The van der Waals surface area contributed by atoms with Gasteiger partial charge in [0.25, 0.3) is 0 Å². The molecule has 0 radical (unpaired) electrons. The first kappa shape index (κ1) is 20.4. The third kappa shape index (κ3) is 4.84. The summed E-state index contributed by atoms with van der Waals surface area (Å²) in [7, 11) is -3.64. The summed E-state index contributed by atoms with van der Waals surface area (Å²) in [6.07, 6.45) is 0. The molecule has 0 bridgehead atoms. The van der Waals surface area contributed by atoms with Gasteiger partial charge in [0.05, 0.1) is 4.90 Å². The molecule has 1 amide bonds. The van der Waals surface area contributed by atoms with Crippen molar-refractivity contribution in [2.45, 2.75) is 32.6 Å². The van der Waals surface area contributed by atoms with E-state index in [1.165, 1.54) is 11.8 Å². The number of nitrogens with zero attached hydrogens (tertiary/aromatic N) is 1. The van der Waals surface area contributed by atoms with Crippen molar-refractivity contribution >= 4 is 33.2 Å². The van der Waals surface area contributed by atoms with E-state index in [1.807, 2.05) is 26.0 Å². The first-order chi connectivity index (χ1) is 12.1. The number of amides is 1. The molecular weight excluding hydrogens is 372 g/mol. The molecule has 0 spiro atoms. The van der Waals surface area contributed by atoms with Gasteiger partial charge in [0, 0.05) is 30.7 Å². The topological polar surface area (TPSA) is 66.5 Å². The SMILES string of the molecule is CC(=O)N(CCNS(=O)(=O)c1ccc(C)cc1C)c1cc(Cl)ccc1C. The van der Waals surface area contributed by atoms with Crippen LogP contribution in [-0.4, -0.2) is 27.4 Å². The maximum absolute atomic E-state index is 12.5. The van der Waals surface area contributed by atoms with Crippen LogP contribution in [0.4, 0.5) is 5.69 Å². The summed E-state index contributed by atoms with van der Waals surface area (Å²) in [5.74, 6) is -0.180. The molecule has 0 saturated heterocycles. The molecule has 1 N–H and O–H groups in total. The van der Waals surface area contributed by atoms with Gasteiger partial charge >= 0.3 is 0 Å². The van der Waals surface area contributed by atoms with Crippen LogP contribution in [0.1, 0.15) is 23.6 Å². The fourth-order valence-electron chi connectivity index (χ4n) is 2.79. The van der Waals surface area contributed by atoms with Gasteiger partial charge in [-0.25, -0.2) is 13.1 Å². The zero-order valence-electron chi connectivity index (χ0n) is 15.3. The van der Waals surface area contributed by atoms with E-state index in [1.54, 1.807) is 31.2 Å². The number of hydrogen-bond donors (Lipinski definition) is 1. The maximum Gasteiger partial charge on any atom is 0.240 e. The lowest BCUT2D eigenvalue weighted by molar-refractivity contribution is -0.116. The van der Waals surface area contributed by atoms with Crippen molar-refractivity contribution in [3.05, 3.63) is 58.1 Å². The minimum Gasteiger partial charge on any atom is -0.311 e. The standard InChI is InChI=1S/C19H23ClN2O3S/c1-13-5-8-19(15(3)11-13)26(24,25)21-9-10-22(16(4)23)18-12-17(20)7-6-14(18)2/h5-8,11-12,21H,9-10H2,1-4H3. The molecule has 0 saturated carbocycles. The van der Waals surface area contributed by atoms with Crippen molar-refractivity contribution in [3.63, 3.8) is 0 Å². The highest BCUT2D eigenvalue weighted by atomic mass is 35.5. The van der Waals surface area contributed by atoms with Crippen molar-refractivity contribution < 1.29 is 13.2 Å². The first-order valence-corrected chi connectivity index (χ1v) is 10.1. The summed E-state index contributed by atoms with van der Waals surface area (Å²) in [4.78, 5) is 13.8. The van der Waals surface area contributed by atoms with Crippen LogP contribution in [0.5, 0.6) is 0 Å². The highest BCUT2D eigenvalue weighted by Gasteiger charge is 2.19. The summed E-state index contributed by atoms with van der Waals surface area (Å²) in [6.45, 7) is 7.30. The molecule has 0 aromatic heterocycles. The van der Waals surface area contributed by atoms with Crippen LogP contribution in [-0.2, 0) is 14.8 Å². The number of aryl methyl sites for hydroxylation is 3. The summed E-state index contributed by atoms with van der Waals surface area (Å²) in [5, 5.41) is 0.521. The Balaban J connectivity index is 2.15. The van der Waals surface area contributed by atoms with E-state index in [-0.39, 0.29) is 23.9 Å². The molecule has 5 nitrogen and oxygen atoms in total. The fourth-order valence-corrected chi connectivity index (χ4v) is 4.20. The van der Waals surface area contributed by atoms with E-state index < -0.39 is 10.0 Å². The molecule has 2 rings (SSSR count). The summed E-state index contributed by atoms with van der Waals surface area (Å²) in [6, 6.07) is 10.5. The van der Waals surface area contributed by atoms with E-state index in [2.05, 4.69) is 4.72 Å². The molecule has 0 atom stereocenters. The lowest BCUT2D eigenvalue weighted by Gasteiger charge is -2.23. The van der Waals surface area contributed by atoms with Crippen molar-refractivity contribution in [1.29, 1.82) is 0 Å². The molecule has 0 unspecified atom stereocenters. The number of sulfonamides is 1. The number of carbonyl (C=O) groups is 1. The normalized spacial score (nSPS) is 11.4. The van der Waals surface area contributed by atoms with Gasteiger partial charge in [-0.05, 0) is 50.1 Å². The Morgan fingerprint density at radius 3 is 2.38 bits per heavy atom. The Morgan fingerprint density at radius 1 is 1.08 bits per heavy atom. The Hall–Kier alpha value is -1.89. The third-order valence-corrected chi connectivity index (χ3v) is 5.95. The van der Waals surface area contributed by atoms with Gasteiger partial charge in [0.15, 0.2) is 0 Å². The van der Waals surface area contributed by atoms with Crippen LogP contribution in [0, 0.1) is 20.8 Å². The van der Waals surface area contributed by atoms with E-state index in [4.69, 9.17) is 11.6 Å². The molecule has 0 aliphatic carbocycles. The van der Waals surface area contributed by atoms with Crippen molar-refractivity contribution in [1.82, 2.24) is 4.72 Å². The highest BCUT2D eigenvalue weighted by molar-refractivity contribution is 7.89. The molecule has 0 heterocycles. The second kappa shape index (κ2) is 8.20. The molecular formula is C19H23ClN2O3S. The monoisotopic (exact) mass is 394 g/mol. The number of halogens is 1. The number of hydrogen-bond acceptors (Lipinski definition) is 3. The van der Waals surface area contributed by atoms with E-state index >= 15 is 0 Å². The van der Waals surface area contributed by atoms with Gasteiger partial charge in [-0.2, -0.15) is 0 Å². The Kier molecular flexibility index (Phi) is 6.44. The van der Waals surface area contributed by atoms with Crippen LogP contribution in [0.15, 0.2) is 41.3 Å². The van der Waals surface area contributed by atoms with Gasteiger partial charge in [-0.15, -0.1) is 0 Å². The average Bonchev–Trinajstić information content (AvgIpc) is 2.53. The summed E-state index contributed by atoms with van der Waals surface area (Å²) < 4.78 is 27.6. The average molecular weight is 395 g/mol. The predicted molar refractivity (Wildman–Crippen MR) is 105 cm³/mol. The molecule has 0 aliphatic heterocycles. The number of benzene rings is 2. The molecule has 2 aromatic carbocycles. The van der Waals surface area contributed by atoms with Gasteiger partial charge in [0.1, 0.15) is 0 Å². The highest BCUT2D eigenvalue weighted by Crippen LogP contribution is 2.24. The van der Waals surface area contributed by atoms with Crippen molar-refractivity contribution in [2.24, 2.45) is 0 Å². The lowest BCUT2D eigenvalue weighted by Crippen LogP contribution is -2.38. The molecule has 2 aromatic rings. The van der Waals surface area contributed by atoms with Crippen LogP contribution >= 0.6 is 11.6 Å². The van der Waals surface area contributed by atoms with E-state index in [9.17, 15) is 13.2 Å². The number of rotatable bonds is 6. The smallest absolute Gasteiger partial charge is 0.240 e. The van der Waals surface area contributed by atoms with Gasteiger partial charge < -0.3 is 4.90 Å². The Labute approximate surface area is 160 Å². The van der Waals surface area contributed by atoms with Gasteiger partial charge in [0.2, 0.25) is 15.9 Å². The molecule has 140 valence electrons. The van der Waals surface area contributed by atoms with Crippen LogP contribution in [0.25, 0.3) is 0 Å². The quantitative estimate of drug-likeness (QED) is 0.814. The van der Waals surface area contributed by atoms with Crippen molar-refractivity contribution in [2.75, 3.05) is 18.0 Å². The second-order valence-electron chi connectivity index (χ2n) is 6.27. The number of nitrogens with one attached hydrogen (secondary N) is 1. The van der Waals surface area contributed by atoms with Gasteiger partial charge in [-0.1, -0.05) is 35.4 Å². The van der Waals surface area contributed by atoms with E-state index in [0.29, 0.717) is 16.3 Å². The van der Waals surface area contributed by atoms with Crippen LogP contribution in [0.2, 0.25) is 5.02 Å². The Morgan fingerprint density at radius 2 is 1.77 bits per heavy atom. The predicted octanol–water partition coefficient (Wildman–Crippen LogP) is 3.60. The number of anilines is 1. The van der Waals surface area contributed by atoms with Crippen LogP contribution in [0.3, 0.4) is 0 Å². The maximum atomic E-state index is 12.5. The first-order valence-electron chi connectivity index (χ1n) is 8.23. The van der Waals surface area contributed by atoms with Crippen molar-refractivity contribution in [3.8, 4) is 0 Å². The van der Waals surface area contributed by atoms with Crippen LogP contribution < -0.4 is 9.62 Å². The zero-order chi connectivity index (χ0) is 19.5. The summed E-state index contributed by atoms with van der Waals surface area (Å²) in [5.41, 5.74) is 3.25. The fraction of sp³-hybridized carbons (Fsp3) is 0.316. The minimum atomic E-state index is -3.64. The second-order valence-corrected chi connectivity index (χ2v) is 8.44. The molecule has 0 fully saturated rings. The van der Waals surface area contributed by atoms with Gasteiger partial charge in [-0.3, -0.25) is 4.79 Å². The summed E-state index contributed by atoms with van der Waals surface area (Å²) >= 11 is 6.03. The Bertz CT molecular complexity index is 926. The molecule has 26 heavy (non-hydrogen) atoms. The zero-order valence-corrected chi connectivity index (χ0v) is 16.9. The lowest BCUT2D eigenvalue weighted by atomic mass is 10.2. The van der Waals surface area contributed by atoms with E-state index in [0.717, 1.165) is 11.1 Å². The minimum absolute atomic E-state index is 0.0984. The molecule has 7 heteroatoms. The largest absolute Gasteiger partial charge is 0.311 e.